The highest BCUT2D eigenvalue weighted by atomic mass is 35.5. The van der Waals surface area contributed by atoms with Crippen LogP contribution < -0.4 is 10.5 Å². The number of primary amides is 1. The van der Waals surface area contributed by atoms with Gasteiger partial charge in [-0.05, 0) is 69.3 Å². The fourth-order valence-corrected chi connectivity index (χ4v) is 9.42. The minimum Gasteiger partial charge on any atom is -0.368 e. The van der Waals surface area contributed by atoms with Gasteiger partial charge in [0.2, 0.25) is 17.7 Å². The highest BCUT2D eigenvalue weighted by Gasteiger charge is 2.38. The van der Waals surface area contributed by atoms with E-state index in [-0.39, 0.29) is 40.6 Å². The molecule has 0 aliphatic carbocycles. The summed E-state index contributed by atoms with van der Waals surface area (Å²) in [7, 11) is -3.92. The van der Waals surface area contributed by atoms with Gasteiger partial charge in [-0.1, -0.05) is 11.6 Å². The van der Waals surface area contributed by atoms with Crippen LogP contribution in [0.15, 0.2) is 28.5 Å². The van der Waals surface area contributed by atoms with Crippen LogP contribution in [0.2, 0.25) is 4.34 Å². The summed E-state index contributed by atoms with van der Waals surface area (Å²) in [5.74, 6) is -0.865. The second-order valence-corrected chi connectivity index (χ2v) is 15.0. The van der Waals surface area contributed by atoms with Crippen molar-refractivity contribution >= 4 is 62.0 Å². The third-order valence-electron chi connectivity index (χ3n) is 7.65. The third-order valence-corrected chi connectivity index (χ3v) is 12.1. The van der Waals surface area contributed by atoms with E-state index in [0.717, 1.165) is 53.3 Å². The quantitative estimate of drug-likeness (QED) is 0.446. The zero-order chi connectivity index (χ0) is 27.7. The predicted octanol–water partition coefficient (Wildman–Crippen LogP) is 2.34. The zero-order valence-electron chi connectivity index (χ0n) is 21.4. The molecule has 0 bridgehead atoms. The summed E-state index contributed by atoms with van der Waals surface area (Å²) in [6.07, 6.45) is 4.31. The summed E-state index contributed by atoms with van der Waals surface area (Å²) in [5, 5.41) is 0. The zero-order valence-corrected chi connectivity index (χ0v) is 24.6. The van der Waals surface area contributed by atoms with Crippen molar-refractivity contribution in [2.75, 3.05) is 32.7 Å². The van der Waals surface area contributed by atoms with Gasteiger partial charge in [0.1, 0.15) is 10.3 Å². The Morgan fingerprint density at radius 1 is 1.00 bits per heavy atom. The highest BCUT2D eigenvalue weighted by Crippen LogP contribution is 2.37. The van der Waals surface area contributed by atoms with Crippen molar-refractivity contribution < 1.29 is 22.8 Å². The van der Waals surface area contributed by atoms with Gasteiger partial charge in [0.05, 0.1) is 16.9 Å². The van der Waals surface area contributed by atoms with Crippen molar-refractivity contribution in [3.8, 4) is 9.75 Å². The molecule has 2 aromatic heterocycles. The Balaban J connectivity index is 1.20. The first-order chi connectivity index (χ1) is 18.6. The lowest BCUT2D eigenvalue weighted by atomic mass is 10.1. The van der Waals surface area contributed by atoms with Crippen molar-refractivity contribution in [3.63, 3.8) is 0 Å². The molecule has 14 heteroatoms. The van der Waals surface area contributed by atoms with Gasteiger partial charge in [-0.25, -0.2) is 8.42 Å². The van der Waals surface area contributed by atoms with Gasteiger partial charge in [0.15, 0.2) is 0 Å². The fraction of sp³-hybridized carbons (Fsp3) is 0.560. The summed E-state index contributed by atoms with van der Waals surface area (Å²) < 4.78 is 29.5. The Labute approximate surface area is 241 Å². The first-order valence-corrected chi connectivity index (χ1v) is 16.6. The molecule has 0 unspecified atom stereocenters. The maximum atomic E-state index is 13.3. The van der Waals surface area contributed by atoms with E-state index in [1.165, 1.54) is 22.3 Å². The Bertz CT molecular complexity index is 1350. The second-order valence-electron chi connectivity index (χ2n) is 10.2. The Morgan fingerprint density at radius 3 is 2.46 bits per heavy atom. The molecule has 5 heterocycles. The molecule has 3 N–H and O–H groups in total. The van der Waals surface area contributed by atoms with Crippen LogP contribution in [0.25, 0.3) is 9.75 Å². The number of sulfonamides is 1. The van der Waals surface area contributed by atoms with E-state index in [1.54, 1.807) is 17.0 Å². The number of carbonyl (C=O) groups is 3. The maximum absolute atomic E-state index is 13.3. The summed E-state index contributed by atoms with van der Waals surface area (Å²) >= 11 is 8.50. The number of rotatable bonds is 9. The fourth-order valence-electron chi connectivity index (χ4n) is 5.74. The van der Waals surface area contributed by atoms with E-state index in [4.69, 9.17) is 17.3 Å². The summed E-state index contributed by atoms with van der Waals surface area (Å²) in [6, 6.07) is 5.62. The third kappa shape index (κ3) is 6.33. The first kappa shape index (κ1) is 28.5. The minimum absolute atomic E-state index is 0.0297. The molecule has 3 fully saturated rings. The molecular formula is C25H32ClN5O5S3. The monoisotopic (exact) mass is 613 g/mol. The molecular weight excluding hydrogens is 582 g/mol. The number of thiophene rings is 2. The molecule has 3 aliphatic rings. The Hall–Kier alpha value is -2.03. The molecule has 0 saturated carbocycles. The molecule has 5 rings (SSSR count). The van der Waals surface area contributed by atoms with Crippen LogP contribution in [0.5, 0.6) is 0 Å². The summed E-state index contributed by atoms with van der Waals surface area (Å²) in [4.78, 5) is 45.3. The molecule has 0 aromatic carbocycles. The molecule has 3 saturated heterocycles. The molecule has 39 heavy (non-hydrogen) atoms. The number of halogens is 1. The average Bonchev–Trinajstić information content (AvgIpc) is 3.69. The van der Waals surface area contributed by atoms with Crippen LogP contribution in [-0.2, 0) is 24.4 Å². The van der Waals surface area contributed by atoms with Crippen molar-refractivity contribution in [3.05, 3.63) is 28.6 Å². The van der Waals surface area contributed by atoms with Crippen molar-refractivity contribution in [2.45, 2.75) is 60.9 Å². The SMILES string of the molecule is NC(=O)[C@@H]1CCCN1C[C@@H]1CCCN1C(=O)CN1CCC[C@H](NS(=O)(=O)c2ccc(-c3ccc(Cl)s3)s2)C1=O. The van der Waals surface area contributed by atoms with Crippen LogP contribution in [0.3, 0.4) is 0 Å². The Morgan fingerprint density at radius 2 is 1.72 bits per heavy atom. The number of nitrogens with two attached hydrogens (primary N) is 1. The smallest absolute Gasteiger partial charge is 0.250 e. The van der Waals surface area contributed by atoms with E-state index in [0.29, 0.717) is 36.8 Å². The van der Waals surface area contributed by atoms with Gasteiger partial charge in [-0.3, -0.25) is 19.3 Å². The predicted molar refractivity (Wildman–Crippen MR) is 151 cm³/mol. The van der Waals surface area contributed by atoms with E-state index >= 15 is 0 Å². The molecule has 2 aromatic rings. The summed E-state index contributed by atoms with van der Waals surface area (Å²) in [6.45, 7) is 2.29. The number of piperidine rings is 1. The number of likely N-dealkylation sites (tertiary alicyclic amines) is 3. The van der Waals surface area contributed by atoms with Crippen LogP contribution in [0.1, 0.15) is 38.5 Å². The maximum Gasteiger partial charge on any atom is 0.250 e. The molecule has 3 aliphatic heterocycles. The molecule has 3 atom stereocenters. The summed E-state index contributed by atoms with van der Waals surface area (Å²) in [5.41, 5.74) is 5.56. The van der Waals surface area contributed by atoms with E-state index in [9.17, 15) is 22.8 Å². The van der Waals surface area contributed by atoms with Crippen molar-refractivity contribution in [1.29, 1.82) is 0 Å². The van der Waals surface area contributed by atoms with E-state index < -0.39 is 16.1 Å². The lowest BCUT2D eigenvalue weighted by Gasteiger charge is -2.35. The number of carbonyl (C=O) groups excluding carboxylic acids is 3. The number of hydrogen-bond donors (Lipinski definition) is 2. The lowest BCUT2D eigenvalue weighted by molar-refractivity contribution is -0.143. The van der Waals surface area contributed by atoms with Crippen molar-refractivity contribution in [1.82, 2.24) is 19.4 Å². The molecule has 10 nitrogen and oxygen atoms in total. The number of nitrogens with zero attached hydrogens (tertiary/aromatic N) is 3. The average molecular weight is 614 g/mol. The van der Waals surface area contributed by atoms with Crippen molar-refractivity contribution in [2.24, 2.45) is 5.73 Å². The van der Waals surface area contributed by atoms with Crippen LogP contribution in [-0.4, -0.2) is 91.7 Å². The van der Waals surface area contributed by atoms with Gasteiger partial charge < -0.3 is 15.5 Å². The lowest BCUT2D eigenvalue weighted by Crippen LogP contribution is -2.55. The van der Waals surface area contributed by atoms with Gasteiger partial charge in [-0.15, -0.1) is 22.7 Å². The van der Waals surface area contributed by atoms with E-state index in [1.807, 2.05) is 6.07 Å². The standard InChI is InChI=1S/C25H32ClN5O5S3/c26-21-9-7-19(37-21)20-8-10-23(38-20)39(35,36)28-17-5-2-12-30(25(17)34)15-22(32)31-13-1-4-16(31)14-29-11-3-6-18(29)24(27)33/h7-10,16-18,28H,1-6,11-15H2,(H2,27,33)/t16-,17-,18-/m0/s1. The molecule has 0 spiro atoms. The number of nitrogens with one attached hydrogen (secondary N) is 1. The van der Waals surface area contributed by atoms with Crippen LogP contribution in [0, 0.1) is 0 Å². The van der Waals surface area contributed by atoms with Gasteiger partial charge >= 0.3 is 0 Å². The van der Waals surface area contributed by atoms with Gasteiger partial charge in [0.25, 0.3) is 10.0 Å². The number of hydrogen-bond acceptors (Lipinski definition) is 8. The highest BCUT2D eigenvalue weighted by molar-refractivity contribution is 7.91. The number of amides is 3. The van der Waals surface area contributed by atoms with Crippen LogP contribution >= 0.6 is 34.3 Å². The molecule has 3 amide bonds. The Kier molecular flexibility index (Phi) is 8.65. The van der Waals surface area contributed by atoms with Crippen LogP contribution in [0.4, 0.5) is 0 Å². The molecule has 212 valence electrons. The second kappa shape index (κ2) is 11.8. The van der Waals surface area contributed by atoms with E-state index in [2.05, 4.69) is 9.62 Å². The van der Waals surface area contributed by atoms with Gasteiger partial charge in [-0.2, -0.15) is 4.72 Å². The van der Waals surface area contributed by atoms with Gasteiger partial charge in [0, 0.05) is 35.4 Å². The topological polar surface area (TPSA) is 133 Å². The largest absolute Gasteiger partial charge is 0.368 e. The molecule has 0 radical (unpaired) electrons. The minimum atomic E-state index is -3.92. The first-order valence-electron chi connectivity index (χ1n) is 13.1. The normalized spacial score (nSPS) is 24.5.